The van der Waals surface area contributed by atoms with E-state index in [0.29, 0.717) is 6.42 Å². The Morgan fingerprint density at radius 1 is 1.40 bits per heavy atom. The van der Waals surface area contributed by atoms with Crippen LogP contribution in [0.25, 0.3) is 11.0 Å². The number of fused-ring (bicyclic) bond motifs is 1. The number of furan rings is 1. The predicted octanol–water partition coefficient (Wildman–Crippen LogP) is 2.10. The molecule has 15 heavy (non-hydrogen) atoms. The average molecular weight is 204 g/mol. The summed E-state index contributed by atoms with van der Waals surface area (Å²) in [5.74, 6) is -0.228. The first-order valence-electron chi connectivity index (χ1n) is 4.88. The maximum absolute atomic E-state index is 10.8. The minimum absolute atomic E-state index is 0.0207. The molecule has 0 amide bonds. The lowest BCUT2D eigenvalue weighted by Gasteiger charge is -2.08. The molecule has 1 atom stereocenters. The monoisotopic (exact) mass is 204 g/mol. The number of aliphatic hydroxyl groups excluding tert-OH is 1. The number of benzene rings is 1. The molecular formula is C12H12O3. The zero-order valence-electron chi connectivity index (χ0n) is 8.22. The molecule has 1 aromatic carbocycles. The summed E-state index contributed by atoms with van der Waals surface area (Å²) in [5, 5.41) is 9.81. The second-order valence-electron chi connectivity index (χ2n) is 3.47. The molecule has 0 bridgehead atoms. The molecule has 3 nitrogen and oxygen atoms in total. The van der Waals surface area contributed by atoms with Crippen LogP contribution >= 0.6 is 0 Å². The zero-order chi connectivity index (χ0) is 10.7. The molecular weight excluding hydrogens is 192 g/mol. The molecule has 0 saturated carbocycles. The summed E-state index contributed by atoms with van der Waals surface area (Å²) in [6.45, 7) is 0.0207. The van der Waals surface area contributed by atoms with Crippen molar-refractivity contribution in [3.8, 4) is 0 Å². The molecule has 0 aliphatic heterocycles. The molecule has 78 valence electrons. The molecule has 3 heteroatoms. The Balaban J connectivity index is 2.37. The van der Waals surface area contributed by atoms with Gasteiger partial charge in [0.05, 0.1) is 6.26 Å². The van der Waals surface area contributed by atoms with Crippen molar-refractivity contribution >= 4 is 17.3 Å². The maximum atomic E-state index is 10.8. The van der Waals surface area contributed by atoms with Crippen molar-refractivity contribution in [1.29, 1.82) is 0 Å². The van der Waals surface area contributed by atoms with Gasteiger partial charge in [-0.2, -0.15) is 0 Å². The topological polar surface area (TPSA) is 50.4 Å². The van der Waals surface area contributed by atoms with Gasteiger partial charge in [0.25, 0.3) is 0 Å². The van der Waals surface area contributed by atoms with Crippen molar-refractivity contribution in [3.63, 3.8) is 0 Å². The van der Waals surface area contributed by atoms with Crippen molar-refractivity contribution in [1.82, 2.24) is 0 Å². The van der Waals surface area contributed by atoms with E-state index in [4.69, 9.17) is 9.52 Å². The van der Waals surface area contributed by atoms with Gasteiger partial charge in [-0.25, -0.2) is 0 Å². The summed E-state index contributed by atoms with van der Waals surface area (Å²) in [5.41, 5.74) is 1.74. The third-order valence-corrected chi connectivity index (χ3v) is 2.51. The van der Waals surface area contributed by atoms with Gasteiger partial charge in [-0.05, 0) is 30.2 Å². The van der Waals surface area contributed by atoms with Gasteiger partial charge in [-0.15, -0.1) is 0 Å². The fourth-order valence-electron chi connectivity index (χ4n) is 1.67. The molecule has 2 rings (SSSR count). The predicted molar refractivity (Wildman–Crippen MR) is 56.7 cm³/mol. The number of hydrogen-bond donors (Lipinski definition) is 1. The Labute approximate surface area is 87.3 Å². The van der Waals surface area contributed by atoms with Crippen LogP contribution in [0.1, 0.15) is 17.9 Å². The largest absolute Gasteiger partial charge is 0.464 e. The van der Waals surface area contributed by atoms with Crippen LogP contribution in [0.15, 0.2) is 34.9 Å². The zero-order valence-corrected chi connectivity index (χ0v) is 8.22. The summed E-state index contributed by atoms with van der Waals surface area (Å²) < 4.78 is 5.21. The highest BCUT2D eigenvalue weighted by Gasteiger charge is 2.10. The van der Waals surface area contributed by atoms with Crippen molar-refractivity contribution in [2.45, 2.75) is 12.3 Å². The third kappa shape index (κ3) is 1.92. The normalized spacial score (nSPS) is 12.9. The van der Waals surface area contributed by atoms with E-state index in [2.05, 4.69) is 0 Å². The molecule has 0 aliphatic rings. The molecule has 1 unspecified atom stereocenters. The first kappa shape index (κ1) is 9.93. The van der Waals surface area contributed by atoms with Crippen LogP contribution in [-0.4, -0.2) is 18.0 Å². The van der Waals surface area contributed by atoms with Gasteiger partial charge in [0.2, 0.25) is 0 Å². The lowest BCUT2D eigenvalue weighted by Crippen LogP contribution is -2.02. The Bertz CT molecular complexity index is 459. The van der Waals surface area contributed by atoms with Crippen LogP contribution in [0.5, 0.6) is 0 Å². The van der Waals surface area contributed by atoms with Gasteiger partial charge >= 0.3 is 0 Å². The highest BCUT2D eigenvalue weighted by molar-refractivity contribution is 5.79. The number of aliphatic hydroxyl groups is 1. The van der Waals surface area contributed by atoms with Crippen LogP contribution in [0.3, 0.4) is 0 Å². The van der Waals surface area contributed by atoms with Crippen LogP contribution in [0.4, 0.5) is 0 Å². The summed E-state index contributed by atoms with van der Waals surface area (Å²) in [6, 6.07) is 7.49. The van der Waals surface area contributed by atoms with Gasteiger partial charge in [-0.1, -0.05) is 6.07 Å². The van der Waals surface area contributed by atoms with Gasteiger partial charge in [0.15, 0.2) is 0 Å². The highest BCUT2D eigenvalue weighted by Crippen LogP contribution is 2.23. The first-order chi connectivity index (χ1) is 7.35. The molecule has 0 spiro atoms. The van der Waals surface area contributed by atoms with Gasteiger partial charge in [0.1, 0.15) is 11.9 Å². The number of carbonyl (C=O) groups excluding carboxylic acids is 1. The molecule has 0 radical (unpaired) electrons. The lowest BCUT2D eigenvalue weighted by atomic mass is 9.97. The minimum Gasteiger partial charge on any atom is -0.464 e. The van der Waals surface area contributed by atoms with Crippen LogP contribution in [-0.2, 0) is 4.79 Å². The SMILES string of the molecule is O=CC(CCO)c1ccc2occc2c1. The molecule has 1 aromatic heterocycles. The second-order valence-corrected chi connectivity index (χ2v) is 3.47. The van der Waals surface area contributed by atoms with E-state index in [9.17, 15) is 4.79 Å². The van der Waals surface area contributed by atoms with Crippen LogP contribution in [0, 0.1) is 0 Å². The van der Waals surface area contributed by atoms with E-state index in [1.807, 2.05) is 24.3 Å². The summed E-state index contributed by atoms with van der Waals surface area (Å²) >= 11 is 0. The van der Waals surface area contributed by atoms with E-state index >= 15 is 0 Å². The average Bonchev–Trinajstić information content (AvgIpc) is 2.72. The Hall–Kier alpha value is -1.61. The van der Waals surface area contributed by atoms with Crippen molar-refractivity contribution < 1.29 is 14.3 Å². The van der Waals surface area contributed by atoms with E-state index in [1.165, 1.54) is 0 Å². The van der Waals surface area contributed by atoms with E-state index in [-0.39, 0.29) is 12.5 Å². The smallest absolute Gasteiger partial charge is 0.133 e. The Kier molecular flexibility index (Phi) is 2.83. The van der Waals surface area contributed by atoms with Crippen molar-refractivity contribution in [3.05, 3.63) is 36.1 Å². The standard InChI is InChI=1S/C12H12O3/c13-5-3-11(8-14)9-1-2-12-10(7-9)4-6-15-12/h1-2,4,6-8,11,13H,3,5H2. The molecule has 0 saturated heterocycles. The minimum atomic E-state index is -0.228. The maximum Gasteiger partial charge on any atom is 0.133 e. The summed E-state index contributed by atoms with van der Waals surface area (Å²) in [7, 11) is 0. The molecule has 0 fully saturated rings. The molecule has 1 N–H and O–H groups in total. The fourth-order valence-corrected chi connectivity index (χ4v) is 1.67. The molecule has 1 heterocycles. The Morgan fingerprint density at radius 2 is 2.27 bits per heavy atom. The summed E-state index contributed by atoms with van der Waals surface area (Å²) in [4.78, 5) is 10.8. The van der Waals surface area contributed by atoms with E-state index in [1.54, 1.807) is 6.26 Å². The first-order valence-corrected chi connectivity index (χ1v) is 4.88. The van der Waals surface area contributed by atoms with Crippen molar-refractivity contribution in [2.75, 3.05) is 6.61 Å². The number of hydrogen-bond acceptors (Lipinski definition) is 3. The number of carbonyl (C=O) groups is 1. The van der Waals surface area contributed by atoms with Gasteiger partial charge < -0.3 is 14.3 Å². The second kappa shape index (κ2) is 4.28. The Morgan fingerprint density at radius 3 is 3.00 bits per heavy atom. The van der Waals surface area contributed by atoms with Crippen LogP contribution < -0.4 is 0 Å². The van der Waals surface area contributed by atoms with Gasteiger partial charge in [-0.3, -0.25) is 0 Å². The summed E-state index contributed by atoms with van der Waals surface area (Å²) in [6.07, 6.45) is 2.96. The lowest BCUT2D eigenvalue weighted by molar-refractivity contribution is -0.109. The van der Waals surface area contributed by atoms with Gasteiger partial charge in [0, 0.05) is 17.9 Å². The molecule has 2 aromatic rings. The molecule has 0 aliphatic carbocycles. The van der Waals surface area contributed by atoms with Crippen molar-refractivity contribution in [2.24, 2.45) is 0 Å². The van der Waals surface area contributed by atoms with Crippen LogP contribution in [0.2, 0.25) is 0 Å². The quantitative estimate of drug-likeness (QED) is 0.776. The highest BCUT2D eigenvalue weighted by atomic mass is 16.3. The number of aldehydes is 1. The third-order valence-electron chi connectivity index (χ3n) is 2.51. The number of rotatable bonds is 4. The van der Waals surface area contributed by atoms with E-state index < -0.39 is 0 Å². The fraction of sp³-hybridized carbons (Fsp3) is 0.250. The van der Waals surface area contributed by atoms with E-state index in [0.717, 1.165) is 22.8 Å².